The second kappa shape index (κ2) is 4.75. The first-order valence-corrected chi connectivity index (χ1v) is 5.21. The summed E-state index contributed by atoms with van der Waals surface area (Å²) in [6, 6.07) is 5.32. The maximum atomic E-state index is 13.0. The van der Waals surface area contributed by atoms with Crippen LogP contribution >= 0.6 is 0 Å². The van der Waals surface area contributed by atoms with Gasteiger partial charge in [-0.15, -0.1) is 0 Å². The molecule has 18 heavy (non-hydrogen) atoms. The Labute approximate surface area is 102 Å². The van der Waals surface area contributed by atoms with Gasteiger partial charge in [-0.05, 0) is 25.1 Å². The summed E-state index contributed by atoms with van der Waals surface area (Å²) in [5.41, 5.74) is 0.457. The van der Waals surface area contributed by atoms with E-state index in [1.54, 1.807) is 6.92 Å². The van der Waals surface area contributed by atoms with Crippen molar-refractivity contribution in [1.29, 1.82) is 5.26 Å². The van der Waals surface area contributed by atoms with E-state index >= 15 is 0 Å². The molecule has 2 aromatic rings. The topological polar surface area (TPSA) is 64.2 Å². The first-order chi connectivity index (χ1) is 8.65. The highest BCUT2D eigenvalue weighted by molar-refractivity contribution is 5.84. The third kappa shape index (κ3) is 2.11. The van der Waals surface area contributed by atoms with Crippen LogP contribution in [0.15, 0.2) is 24.3 Å². The van der Waals surface area contributed by atoms with Crippen LogP contribution in [0, 0.1) is 17.3 Å². The van der Waals surface area contributed by atoms with Crippen LogP contribution in [0.3, 0.4) is 0 Å². The predicted octanol–water partition coefficient (Wildman–Crippen LogP) is 2.64. The van der Waals surface area contributed by atoms with E-state index in [1.165, 1.54) is 24.3 Å². The average molecular weight is 248 g/mol. The van der Waals surface area contributed by atoms with E-state index < -0.39 is 12.0 Å². The largest absolute Gasteiger partial charge is 0.515 e. The van der Waals surface area contributed by atoms with Gasteiger partial charge >= 0.3 is 6.16 Å². The standard InChI is InChI=1S/C12H9FN2O3/c1-2-17-12(16)18-11-6-8-5-9(13)3-4-10(8)15(11)7-14/h3-6H,2H2,1H3. The van der Waals surface area contributed by atoms with E-state index in [1.807, 2.05) is 6.19 Å². The van der Waals surface area contributed by atoms with Crippen molar-refractivity contribution in [1.82, 2.24) is 4.57 Å². The van der Waals surface area contributed by atoms with Crippen LogP contribution in [-0.2, 0) is 4.74 Å². The summed E-state index contributed by atoms with van der Waals surface area (Å²) in [7, 11) is 0. The maximum Gasteiger partial charge on any atom is 0.515 e. The molecule has 1 aromatic heterocycles. The molecule has 1 aromatic carbocycles. The fraction of sp³-hybridized carbons (Fsp3) is 0.167. The molecule has 0 amide bonds. The van der Waals surface area contributed by atoms with Crippen LogP contribution < -0.4 is 4.74 Å². The molecule has 0 atom stereocenters. The van der Waals surface area contributed by atoms with Gasteiger partial charge in [0.25, 0.3) is 0 Å². The lowest BCUT2D eigenvalue weighted by atomic mass is 10.2. The van der Waals surface area contributed by atoms with Gasteiger partial charge in [-0.2, -0.15) is 5.26 Å². The monoisotopic (exact) mass is 248 g/mol. The number of halogens is 1. The molecule has 6 heteroatoms. The van der Waals surface area contributed by atoms with Crippen molar-refractivity contribution < 1.29 is 18.7 Å². The average Bonchev–Trinajstić information content (AvgIpc) is 2.65. The Morgan fingerprint density at radius 2 is 2.28 bits per heavy atom. The summed E-state index contributed by atoms with van der Waals surface area (Å²) < 4.78 is 23.6. The van der Waals surface area contributed by atoms with Gasteiger partial charge in [0.1, 0.15) is 5.82 Å². The van der Waals surface area contributed by atoms with Crippen LogP contribution in [0.1, 0.15) is 6.92 Å². The summed E-state index contributed by atoms with van der Waals surface area (Å²) in [4.78, 5) is 11.2. The zero-order valence-electron chi connectivity index (χ0n) is 9.51. The number of carbonyl (C=O) groups is 1. The van der Waals surface area contributed by atoms with E-state index in [0.29, 0.717) is 10.9 Å². The van der Waals surface area contributed by atoms with Crippen molar-refractivity contribution in [3.8, 4) is 12.1 Å². The van der Waals surface area contributed by atoms with Crippen molar-refractivity contribution in [3.63, 3.8) is 0 Å². The molecule has 0 saturated heterocycles. The molecule has 0 N–H and O–H groups in total. The normalized spacial score (nSPS) is 10.1. The molecular weight excluding hydrogens is 239 g/mol. The number of carbonyl (C=O) groups excluding carboxylic acids is 1. The Morgan fingerprint density at radius 3 is 2.94 bits per heavy atom. The van der Waals surface area contributed by atoms with Gasteiger partial charge in [-0.1, -0.05) is 0 Å². The van der Waals surface area contributed by atoms with Crippen molar-refractivity contribution in [2.24, 2.45) is 0 Å². The molecule has 5 nitrogen and oxygen atoms in total. The van der Waals surface area contributed by atoms with Crippen molar-refractivity contribution in [2.75, 3.05) is 6.61 Å². The van der Waals surface area contributed by atoms with E-state index in [0.717, 1.165) is 4.57 Å². The Morgan fingerprint density at radius 1 is 1.50 bits per heavy atom. The highest BCUT2D eigenvalue weighted by Gasteiger charge is 2.14. The van der Waals surface area contributed by atoms with Gasteiger partial charge in [0, 0.05) is 11.5 Å². The smallest absolute Gasteiger partial charge is 0.434 e. The number of aromatic nitrogens is 1. The van der Waals surface area contributed by atoms with E-state index in [9.17, 15) is 9.18 Å². The van der Waals surface area contributed by atoms with E-state index in [-0.39, 0.29) is 12.5 Å². The summed E-state index contributed by atoms with van der Waals surface area (Å²) in [5.74, 6) is -0.433. The molecule has 0 aliphatic rings. The molecular formula is C12H9FN2O3. The zero-order valence-corrected chi connectivity index (χ0v) is 9.51. The number of hydrogen-bond acceptors (Lipinski definition) is 4. The minimum Gasteiger partial charge on any atom is -0.434 e. The predicted molar refractivity (Wildman–Crippen MR) is 60.6 cm³/mol. The highest BCUT2D eigenvalue weighted by atomic mass is 19.1. The van der Waals surface area contributed by atoms with Crippen LogP contribution in [0.5, 0.6) is 5.88 Å². The van der Waals surface area contributed by atoms with Gasteiger partial charge in [0.05, 0.1) is 12.1 Å². The van der Waals surface area contributed by atoms with Crippen LogP contribution in [-0.4, -0.2) is 17.3 Å². The molecule has 0 spiro atoms. The molecule has 2 rings (SSSR count). The second-order valence-corrected chi connectivity index (χ2v) is 3.41. The third-order valence-electron chi connectivity index (χ3n) is 2.28. The fourth-order valence-electron chi connectivity index (χ4n) is 1.57. The number of hydrogen-bond donors (Lipinski definition) is 0. The molecule has 92 valence electrons. The quantitative estimate of drug-likeness (QED) is 0.766. The number of rotatable bonds is 2. The summed E-state index contributed by atoms with van der Waals surface area (Å²) in [6.07, 6.45) is 0.942. The zero-order chi connectivity index (χ0) is 13.1. The van der Waals surface area contributed by atoms with Crippen molar-refractivity contribution in [3.05, 3.63) is 30.1 Å². The molecule has 0 radical (unpaired) electrons. The number of ether oxygens (including phenoxy) is 2. The summed E-state index contributed by atoms with van der Waals surface area (Å²) in [6.45, 7) is 1.80. The van der Waals surface area contributed by atoms with Gasteiger partial charge < -0.3 is 9.47 Å². The first kappa shape index (κ1) is 11.9. The molecule has 0 fully saturated rings. The number of benzene rings is 1. The van der Waals surface area contributed by atoms with Crippen molar-refractivity contribution >= 4 is 17.1 Å². The molecule has 1 heterocycles. The SMILES string of the molecule is CCOC(=O)Oc1cc2cc(F)ccc2n1C#N. The highest BCUT2D eigenvalue weighted by Crippen LogP contribution is 2.25. The molecule has 0 aliphatic carbocycles. The van der Waals surface area contributed by atoms with Gasteiger partial charge in [0.15, 0.2) is 6.19 Å². The summed E-state index contributed by atoms with van der Waals surface area (Å²) in [5, 5.41) is 9.47. The molecule has 0 saturated carbocycles. The molecule has 0 aliphatic heterocycles. The van der Waals surface area contributed by atoms with Crippen LogP contribution in [0.4, 0.5) is 9.18 Å². The summed E-state index contributed by atoms with van der Waals surface area (Å²) >= 11 is 0. The molecule has 0 bridgehead atoms. The first-order valence-electron chi connectivity index (χ1n) is 5.21. The third-order valence-corrected chi connectivity index (χ3v) is 2.28. The Kier molecular flexibility index (Phi) is 3.15. The lowest BCUT2D eigenvalue weighted by molar-refractivity contribution is 0.102. The number of nitrogens with zero attached hydrogens (tertiary/aromatic N) is 2. The van der Waals surface area contributed by atoms with E-state index in [4.69, 9.17) is 10.00 Å². The number of nitriles is 1. The van der Waals surface area contributed by atoms with E-state index in [2.05, 4.69) is 4.74 Å². The van der Waals surface area contributed by atoms with Crippen molar-refractivity contribution in [2.45, 2.75) is 6.92 Å². The second-order valence-electron chi connectivity index (χ2n) is 3.41. The molecule has 0 unspecified atom stereocenters. The fourth-order valence-corrected chi connectivity index (χ4v) is 1.57. The van der Waals surface area contributed by atoms with Gasteiger partial charge in [-0.3, -0.25) is 0 Å². The van der Waals surface area contributed by atoms with Gasteiger partial charge in [0.2, 0.25) is 5.88 Å². The Bertz CT molecular complexity index is 643. The van der Waals surface area contributed by atoms with Gasteiger partial charge in [-0.25, -0.2) is 13.8 Å². The Hall–Kier alpha value is -2.55. The minimum absolute atomic E-state index is 0.00319. The minimum atomic E-state index is -0.905. The lowest BCUT2D eigenvalue weighted by Crippen LogP contribution is -2.11. The number of fused-ring (bicyclic) bond motifs is 1. The maximum absolute atomic E-state index is 13.0. The Balaban J connectivity index is 2.45. The van der Waals surface area contributed by atoms with Crippen LogP contribution in [0.2, 0.25) is 0 Å². The lowest BCUT2D eigenvalue weighted by Gasteiger charge is -2.02. The van der Waals surface area contributed by atoms with Crippen LogP contribution in [0.25, 0.3) is 10.9 Å².